The Hall–Kier alpha value is -0.860. The van der Waals surface area contributed by atoms with Crippen LogP contribution in [0, 0.1) is 17.8 Å². The Morgan fingerprint density at radius 3 is 2.40 bits per heavy atom. The number of hydrogen-bond donors (Lipinski definition) is 1. The SMILES string of the molecule is CC(C)C(O)(Cc1ccccc1)C1CN2CCC1CC2.[HH]. The first kappa shape index (κ1) is 14.1. The van der Waals surface area contributed by atoms with Crippen LogP contribution in [0.3, 0.4) is 0 Å². The quantitative estimate of drug-likeness (QED) is 0.912. The van der Waals surface area contributed by atoms with E-state index in [-0.39, 0.29) is 1.43 Å². The van der Waals surface area contributed by atoms with Gasteiger partial charge >= 0.3 is 0 Å². The molecule has 3 aliphatic heterocycles. The summed E-state index contributed by atoms with van der Waals surface area (Å²) in [6.07, 6.45) is 3.34. The number of rotatable bonds is 4. The molecule has 3 heterocycles. The summed E-state index contributed by atoms with van der Waals surface area (Å²) in [4.78, 5) is 2.54. The van der Waals surface area contributed by atoms with Gasteiger partial charge in [-0.1, -0.05) is 44.2 Å². The highest BCUT2D eigenvalue weighted by Crippen LogP contribution is 2.43. The van der Waals surface area contributed by atoms with Crippen molar-refractivity contribution in [2.75, 3.05) is 19.6 Å². The minimum absolute atomic E-state index is 0. The Balaban J connectivity index is 0.00000161. The Bertz CT molecular complexity index is 442. The van der Waals surface area contributed by atoms with E-state index >= 15 is 0 Å². The molecular formula is C18H29NO. The highest BCUT2D eigenvalue weighted by Gasteiger charge is 2.47. The van der Waals surface area contributed by atoms with Crippen LogP contribution >= 0.6 is 0 Å². The molecule has 0 saturated carbocycles. The van der Waals surface area contributed by atoms with E-state index in [2.05, 4.69) is 43.0 Å². The van der Waals surface area contributed by atoms with E-state index < -0.39 is 5.60 Å². The van der Waals surface area contributed by atoms with Crippen LogP contribution < -0.4 is 0 Å². The van der Waals surface area contributed by atoms with Crippen LogP contribution in [0.15, 0.2) is 30.3 Å². The fraction of sp³-hybridized carbons (Fsp3) is 0.667. The molecule has 3 saturated heterocycles. The zero-order valence-corrected chi connectivity index (χ0v) is 12.8. The first-order valence-corrected chi connectivity index (χ1v) is 8.08. The van der Waals surface area contributed by atoms with Gasteiger partial charge in [-0.05, 0) is 43.3 Å². The van der Waals surface area contributed by atoms with Gasteiger partial charge in [0, 0.05) is 20.3 Å². The molecule has 0 amide bonds. The van der Waals surface area contributed by atoms with E-state index in [0.29, 0.717) is 11.8 Å². The van der Waals surface area contributed by atoms with E-state index in [1.165, 1.54) is 31.5 Å². The molecule has 0 spiro atoms. The second kappa shape index (κ2) is 5.50. The van der Waals surface area contributed by atoms with Gasteiger partial charge in [0.2, 0.25) is 0 Å². The molecule has 112 valence electrons. The van der Waals surface area contributed by atoms with Gasteiger partial charge in [0.1, 0.15) is 0 Å². The number of nitrogens with zero attached hydrogens (tertiary/aromatic N) is 1. The van der Waals surface area contributed by atoms with Crippen LogP contribution in [-0.2, 0) is 6.42 Å². The van der Waals surface area contributed by atoms with Crippen molar-refractivity contribution < 1.29 is 6.53 Å². The molecule has 0 aliphatic carbocycles. The molecule has 1 aromatic rings. The van der Waals surface area contributed by atoms with Crippen LogP contribution in [0.25, 0.3) is 0 Å². The minimum Gasteiger partial charge on any atom is -0.389 e. The molecule has 1 aromatic carbocycles. The third-order valence-electron chi connectivity index (χ3n) is 5.63. The molecule has 3 aliphatic rings. The Morgan fingerprint density at radius 2 is 1.90 bits per heavy atom. The molecule has 2 unspecified atom stereocenters. The number of benzene rings is 1. The molecular weight excluding hydrogens is 246 g/mol. The van der Waals surface area contributed by atoms with Gasteiger partial charge in [-0.25, -0.2) is 0 Å². The van der Waals surface area contributed by atoms with Crippen molar-refractivity contribution in [2.45, 2.75) is 38.7 Å². The zero-order chi connectivity index (χ0) is 14.2. The van der Waals surface area contributed by atoms with Crippen molar-refractivity contribution in [2.24, 2.45) is 17.8 Å². The second-order valence-electron chi connectivity index (χ2n) is 7.05. The maximum Gasteiger partial charge on any atom is 0.0753 e. The van der Waals surface area contributed by atoms with E-state index in [1.807, 2.05) is 6.07 Å². The summed E-state index contributed by atoms with van der Waals surface area (Å²) in [5, 5.41) is 11.5. The van der Waals surface area contributed by atoms with Crippen LogP contribution in [-0.4, -0.2) is 35.2 Å². The van der Waals surface area contributed by atoms with Crippen LogP contribution in [0.5, 0.6) is 0 Å². The lowest BCUT2D eigenvalue weighted by molar-refractivity contribution is -0.121. The Morgan fingerprint density at radius 1 is 1.25 bits per heavy atom. The Labute approximate surface area is 124 Å². The van der Waals surface area contributed by atoms with Gasteiger partial charge in [0.25, 0.3) is 0 Å². The van der Waals surface area contributed by atoms with Crippen molar-refractivity contribution >= 4 is 0 Å². The average molecular weight is 275 g/mol. The molecule has 0 aromatic heterocycles. The monoisotopic (exact) mass is 275 g/mol. The maximum absolute atomic E-state index is 11.5. The topological polar surface area (TPSA) is 23.5 Å². The van der Waals surface area contributed by atoms with Gasteiger partial charge in [0.15, 0.2) is 0 Å². The molecule has 2 bridgehead atoms. The second-order valence-corrected chi connectivity index (χ2v) is 7.05. The summed E-state index contributed by atoms with van der Waals surface area (Å²) in [5.74, 6) is 1.45. The lowest BCUT2D eigenvalue weighted by atomic mass is 9.64. The summed E-state index contributed by atoms with van der Waals surface area (Å²) in [6.45, 7) is 7.93. The third-order valence-corrected chi connectivity index (χ3v) is 5.63. The van der Waals surface area contributed by atoms with Crippen LogP contribution in [0.1, 0.15) is 33.7 Å². The number of fused-ring (bicyclic) bond motifs is 3. The fourth-order valence-corrected chi connectivity index (χ4v) is 4.22. The van der Waals surface area contributed by atoms with Crippen molar-refractivity contribution in [3.8, 4) is 0 Å². The first-order valence-electron chi connectivity index (χ1n) is 8.08. The van der Waals surface area contributed by atoms with Gasteiger partial charge in [-0.3, -0.25) is 0 Å². The fourth-order valence-electron chi connectivity index (χ4n) is 4.22. The summed E-state index contributed by atoms with van der Waals surface area (Å²) in [7, 11) is 0. The molecule has 3 fully saturated rings. The highest BCUT2D eigenvalue weighted by atomic mass is 16.3. The number of aliphatic hydroxyl groups is 1. The van der Waals surface area contributed by atoms with Crippen LogP contribution in [0.2, 0.25) is 0 Å². The molecule has 20 heavy (non-hydrogen) atoms. The van der Waals surface area contributed by atoms with E-state index in [9.17, 15) is 5.11 Å². The average Bonchev–Trinajstić information content (AvgIpc) is 2.49. The lowest BCUT2D eigenvalue weighted by Gasteiger charge is -2.52. The van der Waals surface area contributed by atoms with E-state index in [4.69, 9.17) is 0 Å². The number of hydrogen-bond acceptors (Lipinski definition) is 2. The van der Waals surface area contributed by atoms with E-state index in [1.54, 1.807) is 0 Å². The van der Waals surface area contributed by atoms with Gasteiger partial charge in [-0.2, -0.15) is 0 Å². The zero-order valence-electron chi connectivity index (χ0n) is 12.8. The summed E-state index contributed by atoms with van der Waals surface area (Å²) < 4.78 is 0. The predicted molar refractivity (Wildman–Crippen MR) is 84.7 cm³/mol. The van der Waals surface area contributed by atoms with Gasteiger partial charge < -0.3 is 10.0 Å². The standard InChI is InChI=1S/C18H27NO.H2/c1-14(2)18(20,12-15-6-4-3-5-7-15)17-13-19-10-8-16(17)9-11-19;/h3-7,14,16-17,20H,8-13H2,1-2H3;1H. The van der Waals surface area contributed by atoms with Crippen molar-refractivity contribution in [3.05, 3.63) is 35.9 Å². The van der Waals surface area contributed by atoms with Gasteiger partial charge in [-0.15, -0.1) is 0 Å². The van der Waals surface area contributed by atoms with Crippen LogP contribution in [0.4, 0.5) is 0 Å². The smallest absolute Gasteiger partial charge is 0.0753 e. The number of piperidine rings is 3. The third kappa shape index (κ3) is 2.51. The molecule has 2 heteroatoms. The molecule has 2 atom stereocenters. The van der Waals surface area contributed by atoms with E-state index in [0.717, 1.165) is 18.9 Å². The van der Waals surface area contributed by atoms with Gasteiger partial charge in [0.05, 0.1) is 5.60 Å². The molecule has 4 rings (SSSR count). The van der Waals surface area contributed by atoms with Crippen molar-refractivity contribution in [1.82, 2.24) is 4.90 Å². The lowest BCUT2D eigenvalue weighted by Crippen LogP contribution is -2.59. The highest BCUT2D eigenvalue weighted by molar-refractivity contribution is 5.18. The summed E-state index contributed by atoms with van der Waals surface area (Å²) in [5.41, 5.74) is 0.700. The minimum atomic E-state index is -0.564. The summed E-state index contributed by atoms with van der Waals surface area (Å²) >= 11 is 0. The Kier molecular flexibility index (Phi) is 3.87. The largest absolute Gasteiger partial charge is 0.389 e. The summed E-state index contributed by atoms with van der Waals surface area (Å²) in [6, 6.07) is 10.5. The normalized spacial score (nSPS) is 32.3. The molecule has 2 nitrogen and oxygen atoms in total. The predicted octanol–water partition coefficient (Wildman–Crippen LogP) is 3.20. The van der Waals surface area contributed by atoms with Crippen molar-refractivity contribution in [3.63, 3.8) is 0 Å². The van der Waals surface area contributed by atoms with Crippen molar-refractivity contribution in [1.29, 1.82) is 0 Å². The maximum atomic E-state index is 11.5. The first-order chi connectivity index (χ1) is 9.59. The molecule has 0 radical (unpaired) electrons. The molecule has 1 N–H and O–H groups in total.